The average Bonchev–Trinajstić information content (AvgIpc) is 2.24. The molecule has 0 radical (unpaired) electrons. The molecule has 0 bridgehead atoms. The third-order valence-corrected chi connectivity index (χ3v) is 15.1. The van der Waals surface area contributed by atoms with Crippen LogP contribution in [0.4, 0.5) is 0 Å². The average molecular weight is 454 g/mol. The maximum atomic E-state index is 2.53. The quantitative estimate of drug-likeness (QED) is 0.605. The summed E-state index contributed by atoms with van der Waals surface area (Å²) in [5.74, 6) is 0. The molecule has 2 aromatic carbocycles. The molecular formula is C16H24Sn2. The van der Waals surface area contributed by atoms with Crippen molar-refractivity contribution in [2.45, 2.75) is 29.6 Å². The molecule has 0 fully saturated rings. The van der Waals surface area contributed by atoms with E-state index in [1.165, 1.54) is 5.39 Å². The van der Waals surface area contributed by atoms with Crippen LogP contribution in [0.3, 0.4) is 0 Å². The van der Waals surface area contributed by atoms with Crippen LogP contribution in [-0.2, 0) is 0 Å². The fourth-order valence-corrected chi connectivity index (χ4v) is 12.9. The van der Waals surface area contributed by atoms with E-state index in [-0.39, 0.29) is 0 Å². The molecule has 0 N–H and O–H groups in total. The van der Waals surface area contributed by atoms with E-state index < -0.39 is 36.8 Å². The molecule has 0 nitrogen and oxygen atoms in total. The van der Waals surface area contributed by atoms with Gasteiger partial charge in [0.15, 0.2) is 0 Å². The number of hydrogen-bond acceptors (Lipinski definition) is 0. The summed E-state index contributed by atoms with van der Waals surface area (Å²) in [4.78, 5) is 15.2. The fourth-order valence-electron chi connectivity index (χ4n) is 2.59. The molecule has 0 aliphatic heterocycles. The van der Waals surface area contributed by atoms with E-state index in [0.717, 1.165) is 0 Å². The van der Waals surface area contributed by atoms with Crippen LogP contribution in [0.2, 0.25) is 29.6 Å². The first kappa shape index (κ1) is 14.7. The molecule has 0 aliphatic rings. The first-order chi connectivity index (χ1) is 8.21. The molecule has 0 atom stereocenters. The standard InChI is InChI=1S/C10H6.6CH3.2Sn/c1-2-6-10-8-4-3-7-9(10)5-1;;;;;;;;/h1-5,7H;6*1H3;;. The molecule has 18 heavy (non-hydrogen) atoms. The van der Waals surface area contributed by atoms with E-state index in [2.05, 4.69) is 66.0 Å². The first-order valence-electron chi connectivity index (χ1n) is 6.74. The van der Waals surface area contributed by atoms with E-state index in [0.29, 0.717) is 0 Å². The topological polar surface area (TPSA) is 0 Å². The van der Waals surface area contributed by atoms with Crippen molar-refractivity contribution in [2.24, 2.45) is 0 Å². The monoisotopic (exact) mass is 456 g/mol. The van der Waals surface area contributed by atoms with Crippen LogP contribution in [0.1, 0.15) is 0 Å². The molecule has 0 heterocycles. The minimum absolute atomic E-state index is 1.46. The zero-order valence-electron chi connectivity index (χ0n) is 12.5. The summed E-state index contributed by atoms with van der Waals surface area (Å²) in [7, 11) is 0. The van der Waals surface area contributed by atoms with Gasteiger partial charge in [0.25, 0.3) is 0 Å². The van der Waals surface area contributed by atoms with Crippen LogP contribution in [0.25, 0.3) is 10.8 Å². The van der Waals surface area contributed by atoms with Crippen molar-refractivity contribution in [3.05, 3.63) is 36.4 Å². The van der Waals surface area contributed by atoms with Gasteiger partial charge in [0.2, 0.25) is 0 Å². The van der Waals surface area contributed by atoms with Gasteiger partial charge in [-0.15, -0.1) is 0 Å². The van der Waals surface area contributed by atoms with Crippen molar-refractivity contribution in [3.8, 4) is 0 Å². The normalized spacial score (nSPS) is 13.0. The van der Waals surface area contributed by atoms with Crippen LogP contribution in [0.5, 0.6) is 0 Å². The first-order valence-corrected chi connectivity index (χ1v) is 26.7. The molecule has 0 saturated heterocycles. The molecule has 0 spiro atoms. The Balaban J connectivity index is 2.90. The number of rotatable bonds is 2. The summed E-state index contributed by atoms with van der Waals surface area (Å²) in [6.07, 6.45) is 0. The van der Waals surface area contributed by atoms with Crippen molar-refractivity contribution in [1.29, 1.82) is 0 Å². The summed E-state index contributed by atoms with van der Waals surface area (Å²) >= 11 is -4.07. The summed E-state index contributed by atoms with van der Waals surface area (Å²) in [6, 6.07) is 13.9. The Morgan fingerprint density at radius 1 is 0.611 bits per heavy atom. The van der Waals surface area contributed by atoms with E-state index in [1.54, 1.807) is 12.5 Å². The number of benzene rings is 2. The predicted octanol–water partition coefficient (Wildman–Crippen LogP) is 3.93. The summed E-state index contributed by atoms with van der Waals surface area (Å²) in [5.41, 5.74) is 0. The van der Waals surface area contributed by atoms with Crippen LogP contribution >= 0.6 is 0 Å². The van der Waals surface area contributed by atoms with E-state index >= 15 is 0 Å². The molecular weight excluding hydrogens is 430 g/mol. The van der Waals surface area contributed by atoms with Crippen LogP contribution in [0.15, 0.2) is 36.4 Å². The molecule has 96 valence electrons. The minimum atomic E-state index is -2.04. The van der Waals surface area contributed by atoms with Crippen molar-refractivity contribution in [3.63, 3.8) is 0 Å². The van der Waals surface area contributed by atoms with Gasteiger partial charge in [-0.1, -0.05) is 0 Å². The number of hydrogen-bond donors (Lipinski definition) is 0. The Morgan fingerprint density at radius 3 is 1.33 bits per heavy atom. The Kier molecular flexibility index (Phi) is 4.09. The van der Waals surface area contributed by atoms with Crippen molar-refractivity contribution < 1.29 is 0 Å². The molecule has 0 saturated carbocycles. The third-order valence-electron chi connectivity index (χ3n) is 3.52. The molecule has 0 amide bonds. The van der Waals surface area contributed by atoms with Crippen molar-refractivity contribution in [2.75, 3.05) is 0 Å². The SMILES string of the molecule is [CH3][Sn]([CH3])([CH3])[c]1cccc2ccc[c]([Sn]([CH3])([CH3])[CH3])c12. The van der Waals surface area contributed by atoms with Crippen LogP contribution < -0.4 is 7.16 Å². The fraction of sp³-hybridized carbons (Fsp3) is 0.375. The van der Waals surface area contributed by atoms with E-state index in [1.807, 2.05) is 0 Å². The van der Waals surface area contributed by atoms with E-state index in [9.17, 15) is 0 Å². The number of fused-ring (bicyclic) bond motifs is 1. The van der Waals surface area contributed by atoms with Crippen molar-refractivity contribution >= 4 is 54.7 Å². The molecule has 2 rings (SSSR count). The maximum absolute atomic E-state index is 2.53. The second kappa shape index (κ2) is 5.01. The van der Waals surface area contributed by atoms with Gasteiger partial charge >= 0.3 is 121 Å². The Bertz CT molecular complexity index is 523. The Hall–Kier alpha value is 0.297. The molecule has 0 aromatic heterocycles. The summed E-state index contributed by atoms with van der Waals surface area (Å²) in [6.45, 7) is 0. The van der Waals surface area contributed by atoms with Gasteiger partial charge in [-0.2, -0.15) is 0 Å². The molecule has 0 aliphatic carbocycles. The van der Waals surface area contributed by atoms with Gasteiger partial charge in [-0.3, -0.25) is 0 Å². The van der Waals surface area contributed by atoms with Crippen molar-refractivity contribution in [1.82, 2.24) is 0 Å². The van der Waals surface area contributed by atoms with Gasteiger partial charge in [-0.25, -0.2) is 0 Å². The van der Waals surface area contributed by atoms with Gasteiger partial charge in [0.1, 0.15) is 0 Å². The third kappa shape index (κ3) is 2.89. The molecule has 2 aromatic rings. The second-order valence-corrected chi connectivity index (χ2v) is 36.0. The van der Waals surface area contributed by atoms with Gasteiger partial charge < -0.3 is 0 Å². The molecule has 0 unspecified atom stereocenters. The Labute approximate surface area is 120 Å². The zero-order valence-corrected chi connectivity index (χ0v) is 18.2. The summed E-state index contributed by atoms with van der Waals surface area (Å²) < 4.78 is 3.42. The predicted molar refractivity (Wildman–Crippen MR) is 89.9 cm³/mol. The van der Waals surface area contributed by atoms with Gasteiger partial charge in [0, 0.05) is 0 Å². The molecule has 2 heteroatoms. The van der Waals surface area contributed by atoms with E-state index in [4.69, 9.17) is 0 Å². The summed E-state index contributed by atoms with van der Waals surface area (Å²) in [5, 5.41) is 3.09. The second-order valence-electron chi connectivity index (χ2n) is 7.21. The van der Waals surface area contributed by atoms with Gasteiger partial charge in [-0.05, 0) is 0 Å². The van der Waals surface area contributed by atoms with Crippen LogP contribution in [-0.4, -0.2) is 36.8 Å². The Morgan fingerprint density at radius 2 is 1.00 bits per heavy atom. The van der Waals surface area contributed by atoms with Crippen LogP contribution in [0, 0.1) is 0 Å². The zero-order chi connectivity index (χ0) is 13.6. The van der Waals surface area contributed by atoms with Gasteiger partial charge in [0.05, 0.1) is 0 Å².